The molecule has 0 bridgehead atoms. The Labute approximate surface area is 136 Å². The summed E-state index contributed by atoms with van der Waals surface area (Å²) in [5.41, 5.74) is 3.44. The van der Waals surface area contributed by atoms with Crippen LogP contribution in [0.2, 0.25) is 0 Å². The van der Waals surface area contributed by atoms with Gasteiger partial charge in [0.1, 0.15) is 42.7 Å². The highest BCUT2D eigenvalue weighted by Gasteiger charge is 2.54. The third-order valence-electron chi connectivity index (χ3n) is 4.17. The molecule has 10 N–H and O–H groups in total. The normalized spacial score (nSPS) is 53.1. The lowest BCUT2D eigenvalue weighted by Gasteiger charge is -2.48. The van der Waals surface area contributed by atoms with Gasteiger partial charge in [-0.1, -0.05) is 0 Å². The Hall–Kier alpha value is -0.480. The Morgan fingerprint density at radius 3 is 2.08 bits per heavy atom. The van der Waals surface area contributed by atoms with Crippen LogP contribution in [0.15, 0.2) is 0 Å². The van der Waals surface area contributed by atoms with Crippen LogP contribution in [0.1, 0.15) is 0 Å². The summed E-state index contributed by atoms with van der Waals surface area (Å²) in [5.74, 6) is 0. The minimum Gasteiger partial charge on any atom is -0.394 e. The maximum absolute atomic E-state index is 9.98. The number of hydrogen-bond donors (Lipinski definition) is 9. The van der Waals surface area contributed by atoms with Crippen LogP contribution in [-0.4, -0.2) is 115 Å². The van der Waals surface area contributed by atoms with Gasteiger partial charge in [-0.05, 0) is 0 Å². The van der Waals surface area contributed by atoms with E-state index in [0.29, 0.717) is 0 Å². The number of hydrogen-bond acceptors (Lipinski definition) is 12. The molecule has 0 amide bonds. The van der Waals surface area contributed by atoms with Gasteiger partial charge < -0.3 is 55.1 Å². The van der Waals surface area contributed by atoms with E-state index in [1.165, 1.54) is 0 Å². The predicted molar refractivity (Wildman–Crippen MR) is 71.7 cm³/mol. The van der Waals surface area contributed by atoms with Crippen molar-refractivity contribution in [3.8, 4) is 0 Å². The highest BCUT2D eigenvalue weighted by atomic mass is 16.7. The van der Waals surface area contributed by atoms with E-state index in [0.717, 1.165) is 0 Å². The molecule has 24 heavy (non-hydrogen) atoms. The van der Waals surface area contributed by atoms with E-state index in [-0.39, 0.29) is 0 Å². The maximum Gasteiger partial charge on any atom is 0.189 e. The van der Waals surface area contributed by atoms with E-state index in [4.69, 9.17) is 19.9 Å². The van der Waals surface area contributed by atoms with E-state index >= 15 is 0 Å². The van der Waals surface area contributed by atoms with Crippen LogP contribution in [0.5, 0.6) is 0 Å². The maximum atomic E-state index is 9.98. The zero-order valence-electron chi connectivity index (χ0n) is 12.5. The minimum absolute atomic E-state index is 0.715. The summed E-state index contributed by atoms with van der Waals surface area (Å²) in [6.45, 7) is -1.64. The molecule has 0 aliphatic carbocycles. The van der Waals surface area contributed by atoms with E-state index in [1.807, 2.05) is 0 Å². The molecule has 0 aromatic rings. The fraction of sp³-hybridized carbons (Fsp3) is 1.00. The zero-order valence-corrected chi connectivity index (χ0v) is 12.5. The standard InChI is InChI=1S/C12H23NO11/c13-12(2-15)9(20)5(17)7(19)11(24-12)23-8-3(1-14)22-10(21)6(18)4(8)16/h3-11,14-21H,1-2,13H2/t3-,4-,5-,6-,7-,8-,9-,10-,11+,12-/m1/s1. The molecule has 0 unspecified atom stereocenters. The van der Waals surface area contributed by atoms with Gasteiger partial charge in [0.05, 0.1) is 13.2 Å². The Morgan fingerprint density at radius 2 is 1.54 bits per heavy atom. The predicted octanol–water partition coefficient (Wildman–Crippen LogP) is -6.11. The second-order valence-corrected chi connectivity index (χ2v) is 5.85. The van der Waals surface area contributed by atoms with E-state index < -0.39 is 74.2 Å². The van der Waals surface area contributed by atoms with Crippen LogP contribution in [0.25, 0.3) is 0 Å². The van der Waals surface area contributed by atoms with Gasteiger partial charge in [0.2, 0.25) is 0 Å². The molecule has 0 spiro atoms. The molecule has 12 heteroatoms. The summed E-state index contributed by atoms with van der Waals surface area (Å²) in [4.78, 5) is 0. The monoisotopic (exact) mass is 357 g/mol. The van der Waals surface area contributed by atoms with Crippen molar-refractivity contribution in [3.63, 3.8) is 0 Å². The van der Waals surface area contributed by atoms with Crippen LogP contribution in [0.4, 0.5) is 0 Å². The van der Waals surface area contributed by atoms with Gasteiger partial charge in [0, 0.05) is 0 Å². The molecule has 2 aliphatic heterocycles. The lowest BCUT2D eigenvalue weighted by molar-refractivity contribution is -0.374. The fourth-order valence-electron chi connectivity index (χ4n) is 2.62. The molecule has 2 rings (SSSR count). The molecular weight excluding hydrogens is 334 g/mol. The van der Waals surface area contributed by atoms with Gasteiger partial charge >= 0.3 is 0 Å². The Bertz CT molecular complexity index is 426. The van der Waals surface area contributed by atoms with Crippen molar-refractivity contribution in [2.45, 2.75) is 61.0 Å². The minimum atomic E-state index is -2.16. The van der Waals surface area contributed by atoms with E-state index in [9.17, 15) is 40.9 Å². The summed E-state index contributed by atoms with van der Waals surface area (Å²) in [6.07, 6.45) is -15.3. The third-order valence-corrected chi connectivity index (χ3v) is 4.17. The van der Waals surface area contributed by atoms with Crippen molar-refractivity contribution >= 4 is 0 Å². The quantitative estimate of drug-likeness (QED) is 0.230. The average molecular weight is 357 g/mol. The molecule has 0 saturated carbocycles. The van der Waals surface area contributed by atoms with Gasteiger partial charge in [0.15, 0.2) is 18.3 Å². The molecule has 0 radical (unpaired) electrons. The van der Waals surface area contributed by atoms with Crippen molar-refractivity contribution in [2.75, 3.05) is 13.2 Å². The highest BCUT2D eigenvalue weighted by Crippen LogP contribution is 2.30. The molecule has 0 aromatic carbocycles. The van der Waals surface area contributed by atoms with Gasteiger partial charge in [-0.3, -0.25) is 5.73 Å². The summed E-state index contributed by atoms with van der Waals surface area (Å²) in [7, 11) is 0. The molecule has 142 valence electrons. The second kappa shape index (κ2) is 7.41. The smallest absolute Gasteiger partial charge is 0.189 e. The highest BCUT2D eigenvalue weighted by molar-refractivity contribution is 4.98. The number of rotatable bonds is 4. The molecule has 0 aromatic heterocycles. The van der Waals surface area contributed by atoms with Gasteiger partial charge in [-0.15, -0.1) is 0 Å². The first kappa shape index (κ1) is 19.8. The summed E-state index contributed by atoms with van der Waals surface area (Å²) >= 11 is 0. The van der Waals surface area contributed by atoms with Crippen molar-refractivity contribution in [2.24, 2.45) is 5.73 Å². The van der Waals surface area contributed by atoms with Crippen molar-refractivity contribution in [1.82, 2.24) is 0 Å². The lowest BCUT2D eigenvalue weighted by Crippen LogP contribution is -2.71. The van der Waals surface area contributed by atoms with E-state index in [2.05, 4.69) is 0 Å². The average Bonchev–Trinajstić information content (AvgIpc) is 2.57. The first-order valence-electron chi connectivity index (χ1n) is 7.24. The summed E-state index contributed by atoms with van der Waals surface area (Å²) < 4.78 is 15.2. The molecule has 2 fully saturated rings. The Kier molecular flexibility index (Phi) is 6.12. The number of aliphatic hydroxyl groups is 8. The topological polar surface area (TPSA) is 216 Å². The zero-order chi connectivity index (χ0) is 18.2. The summed E-state index contributed by atoms with van der Waals surface area (Å²) in [6, 6.07) is 0. The number of aliphatic hydroxyl groups excluding tert-OH is 8. The summed E-state index contributed by atoms with van der Waals surface area (Å²) in [5, 5.41) is 77.0. The van der Waals surface area contributed by atoms with E-state index in [1.54, 1.807) is 0 Å². The van der Waals surface area contributed by atoms with Gasteiger partial charge in [-0.25, -0.2) is 0 Å². The molecule has 2 aliphatic rings. The molecule has 2 heterocycles. The molecule has 12 nitrogen and oxygen atoms in total. The Morgan fingerprint density at radius 1 is 0.917 bits per heavy atom. The van der Waals surface area contributed by atoms with Gasteiger partial charge in [0.25, 0.3) is 0 Å². The first-order chi connectivity index (χ1) is 11.2. The number of nitrogens with two attached hydrogens (primary N) is 1. The van der Waals surface area contributed by atoms with Crippen LogP contribution in [0, 0.1) is 0 Å². The Balaban J connectivity index is 2.18. The largest absolute Gasteiger partial charge is 0.394 e. The van der Waals surface area contributed by atoms with Crippen molar-refractivity contribution < 1.29 is 55.1 Å². The molecule has 2 saturated heterocycles. The van der Waals surface area contributed by atoms with Crippen molar-refractivity contribution in [3.05, 3.63) is 0 Å². The first-order valence-corrected chi connectivity index (χ1v) is 7.24. The molecule has 10 atom stereocenters. The molecular formula is C12H23NO11. The lowest BCUT2D eigenvalue weighted by atomic mass is 9.94. The van der Waals surface area contributed by atoms with Crippen LogP contribution in [-0.2, 0) is 14.2 Å². The van der Waals surface area contributed by atoms with Crippen LogP contribution < -0.4 is 5.73 Å². The number of ether oxygens (including phenoxy) is 3. The third kappa shape index (κ3) is 3.41. The van der Waals surface area contributed by atoms with Crippen LogP contribution >= 0.6 is 0 Å². The second-order valence-electron chi connectivity index (χ2n) is 5.85. The van der Waals surface area contributed by atoms with Crippen LogP contribution in [0.3, 0.4) is 0 Å². The fourth-order valence-corrected chi connectivity index (χ4v) is 2.62. The van der Waals surface area contributed by atoms with Gasteiger partial charge in [-0.2, -0.15) is 0 Å². The van der Waals surface area contributed by atoms with Crippen molar-refractivity contribution in [1.29, 1.82) is 0 Å². The SMILES string of the molecule is N[C@]1(CO)O[C@H](O[C@H]2[C@H](O)[C@@H](O)[C@H](O)O[C@@H]2CO)[C@H](O)[C@@H](O)[C@H]1O.